The zero-order chi connectivity index (χ0) is 8.27. The minimum absolute atomic E-state index is 0.206. The molecule has 0 bridgehead atoms. The molecule has 0 amide bonds. The molecule has 1 aromatic rings. The topological polar surface area (TPSA) is 9.23 Å². The number of ether oxygens (including phenoxy) is 1. The van der Waals surface area contributed by atoms with Gasteiger partial charge in [0.2, 0.25) is 0 Å². The monoisotopic (exact) mass is 154 g/mol. The van der Waals surface area contributed by atoms with Crippen molar-refractivity contribution >= 4 is 0 Å². The summed E-state index contributed by atoms with van der Waals surface area (Å²) in [5, 5.41) is 0. The van der Waals surface area contributed by atoms with Crippen molar-refractivity contribution in [3.63, 3.8) is 0 Å². The molecule has 0 aliphatic heterocycles. The molecule has 0 saturated heterocycles. The van der Waals surface area contributed by atoms with Crippen molar-refractivity contribution < 1.29 is 9.13 Å². The van der Waals surface area contributed by atoms with E-state index < -0.39 is 0 Å². The van der Waals surface area contributed by atoms with Crippen LogP contribution in [0.2, 0.25) is 0 Å². The van der Waals surface area contributed by atoms with Gasteiger partial charge in [0, 0.05) is 0 Å². The van der Waals surface area contributed by atoms with Crippen LogP contribution in [0.1, 0.15) is 12.5 Å². The van der Waals surface area contributed by atoms with Crippen LogP contribution >= 0.6 is 0 Å². The van der Waals surface area contributed by atoms with Crippen LogP contribution in [0.3, 0.4) is 0 Å². The van der Waals surface area contributed by atoms with E-state index in [0.717, 1.165) is 17.7 Å². The van der Waals surface area contributed by atoms with Crippen LogP contribution in [-0.4, -0.2) is 7.11 Å². The Balaban J connectivity index is 3.06. The summed E-state index contributed by atoms with van der Waals surface area (Å²) in [5.41, 5.74) is 0.910. The zero-order valence-corrected chi connectivity index (χ0v) is 6.73. The van der Waals surface area contributed by atoms with Crippen molar-refractivity contribution in [2.45, 2.75) is 13.3 Å². The second-order valence-corrected chi connectivity index (χ2v) is 2.31. The summed E-state index contributed by atoms with van der Waals surface area (Å²) in [6, 6.07) is 4.55. The van der Waals surface area contributed by atoms with Crippen LogP contribution in [0.4, 0.5) is 4.39 Å². The molecule has 60 valence electrons. The highest BCUT2D eigenvalue weighted by Gasteiger charge is 2.00. The molecular formula is C9H11FO. The fourth-order valence-corrected chi connectivity index (χ4v) is 1.02. The number of halogens is 1. The Morgan fingerprint density at radius 3 is 2.73 bits per heavy atom. The van der Waals surface area contributed by atoms with E-state index in [2.05, 4.69) is 0 Å². The van der Waals surface area contributed by atoms with Gasteiger partial charge in [0.25, 0.3) is 0 Å². The molecule has 0 saturated carbocycles. The summed E-state index contributed by atoms with van der Waals surface area (Å²) >= 11 is 0. The molecular weight excluding hydrogens is 143 g/mol. The van der Waals surface area contributed by atoms with Crippen LogP contribution < -0.4 is 4.74 Å². The summed E-state index contributed by atoms with van der Waals surface area (Å²) in [5.74, 6) is 0.552. The van der Waals surface area contributed by atoms with Crippen LogP contribution in [0.15, 0.2) is 18.2 Å². The summed E-state index contributed by atoms with van der Waals surface area (Å²) in [6.07, 6.45) is 0.793. The molecule has 1 nitrogen and oxygen atoms in total. The molecule has 0 unspecified atom stereocenters. The maximum Gasteiger partial charge on any atom is 0.123 e. The van der Waals surface area contributed by atoms with Gasteiger partial charge in [-0.1, -0.05) is 6.92 Å². The first-order valence-electron chi connectivity index (χ1n) is 3.60. The first-order valence-corrected chi connectivity index (χ1v) is 3.60. The van der Waals surface area contributed by atoms with E-state index in [-0.39, 0.29) is 5.82 Å². The lowest BCUT2D eigenvalue weighted by Crippen LogP contribution is -1.90. The Morgan fingerprint density at radius 2 is 2.18 bits per heavy atom. The van der Waals surface area contributed by atoms with E-state index >= 15 is 0 Å². The highest BCUT2D eigenvalue weighted by Crippen LogP contribution is 2.19. The summed E-state index contributed by atoms with van der Waals surface area (Å²) in [4.78, 5) is 0. The molecule has 2 heteroatoms. The highest BCUT2D eigenvalue weighted by atomic mass is 19.1. The van der Waals surface area contributed by atoms with Gasteiger partial charge in [-0.05, 0) is 30.2 Å². The van der Waals surface area contributed by atoms with Crippen LogP contribution in [0.5, 0.6) is 5.75 Å². The average molecular weight is 154 g/mol. The van der Waals surface area contributed by atoms with Crippen molar-refractivity contribution in [1.29, 1.82) is 0 Å². The van der Waals surface area contributed by atoms with Crippen molar-refractivity contribution in [2.75, 3.05) is 7.11 Å². The molecule has 0 aliphatic carbocycles. The lowest BCUT2D eigenvalue weighted by Gasteiger charge is -2.04. The van der Waals surface area contributed by atoms with Gasteiger partial charge in [0.15, 0.2) is 0 Å². The van der Waals surface area contributed by atoms with E-state index in [1.807, 2.05) is 6.92 Å². The van der Waals surface area contributed by atoms with Gasteiger partial charge in [0.1, 0.15) is 11.6 Å². The Bertz CT molecular complexity index is 245. The Kier molecular flexibility index (Phi) is 2.47. The number of benzene rings is 1. The molecule has 0 fully saturated rings. The van der Waals surface area contributed by atoms with E-state index in [0.29, 0.717) is 0 Å². The molecule has 0 spiro atoms. The molecule has 0 N–H and O–H groups in total. The van der Waals surface area contributed by atoms with E-state index in [1.54, 1.807) is 13.2 Å². The summed E-state index contributed by atoms with van der Waals surface area (Å²) < 4.78 is 17.6. The van der Waals surface area contributed by atoms with E-state index in [1.165, 1.54) is 12.1 Å². The Labute approximate surface area is 65.8 Å². The molecule has 0 aromatic heterocycles. The van der Waals surface area contributed by atoms with Crippen LogP contribution in [0, 0.1) is 5.82 Å². The van der Waals surface area contributed by atoms with Crippen LogP contribution in [-0.2, 0) is 6.42 Å². The Hall–Kier alpha value is -1.05. The van der Waals surface area contributed by atoms with Crippen LogP contribution in [0.25, 0.3) is 0 Å². The van der Waals surface area contributed by atoms with Crippen molar-refractivity contribution in [2.24, 2.45) is 0 Å². The van der Waals surface area contributed by atoms with Gasteiger partial charge in [0.05, 0.1) is 7.11 Å². The summed E-state index contributed by atoms with van der Waals surface area (Å²) in [7, 11) is 1.59. The molecule has 1 rings (SSSR count). The molecule has 11 heavy (non-hydrogen) atoms. The first kappa shape index (κ1) is 8.05. The predicted molar refractivity (Wildman–Crippen MR) is 42.3 cm³/mol. The second kappa shape index (κ2) is 3.37. The van der Waals surface area contributed by atoms with E-state index in [9.17, 15) is 4.39 Å². The normalized spacial score (nSPS) is 9.73. The third-order valence-corrected chi connectivity index (χ3v) is 1.62. The molecule has 0 radical (unpaired) electrons. The minimum Gasteiger partial charge on any atom is -0.496 e. The minimum atomic E-state index is -0.206. The first-order chi connectivity index (χ1) is 5.27. The quantitative estimate of drug-likeness (QED) is 0.635. The SMILES string of the molecule is CCc1cc(F)ccc1OC. The lowest BCUT2D eigenvalue weighted by atomic mass is 10.1. The molecule has 1 aromatic carbocycles. The van der Waals surface area contributed by atoms with Gasteiger partial charge in [-0.15, -0.1) is 0 Å². The molecule has 0 atom stereocenters. The standard InChI is InChI=1S/C9H11FO/c1-3-7-6-8(10)4-5-9(7)11-2/h4-6H,3H2,1-2H3. The number of hydrogen-bond acceptors (Lipinski definition) is 1. The second-order valence-electron chi connectivity index (χ2n) is 2.31. The Morgan fingerprint density at radius 1 is 1.45 bits per heavy atom. The van der Waals surface area contributed by atoms with Gasteiger partial charge in [-0.3, -0.25) is 0 Å². The average Bonchev–Trinajstić information content (AvgIpc) is 2.04. The maximum absolute atomic E-state index is 12.6. The highest BCUT2D eigenvalue weighted by molar-refractivity contribution is 5.33. The third kappa shape index (κ3) is 1.70. The van der Waals surface area contributed by atoms with Crippen molar-refractivity contribution in [3.05, 3.63) is 29.6 Å². The number of hydrogen-bond donors (Lipinski definition) is 0. The van der Waals surface area contributed by atoms with Gasteiger partial charge in [-0.25, -0.2) is 4.39 Å². The van der Waals surface area contributed by atoms with Crippen molar-refractivity contribution in [3.8, 4) is 5.75 Å². The smallest absolute Gasteiger partial charge is 0.123 e. The number of methoxy groups -OCH3 is 1. The lowest BCUT2D eigenvalue weighted by molar-refractivity contribution is 0.409. The number of rotatable bonds is 2. The largest absolute Gasteiger partial charge is 0.496 e. The van der Waals surface area contributed by atoms with Crippen molar-refractivity contribution in [1.82, 2.24) is 0 Å². The summed E-state index contributed by atoms with van der Waals surface area (Å²) in [6.45, 7) is 1.97. The fourth-order valence-electron chi connectivity index (χ4n) is 1.02. The molecule has 0 aliphatic rings. The van der Waals surface area contributed by atoms with Gasteiger partial charge in [-0.2, -0.15) is 0 Å². The van der Waals surface area contributed by atoms with Gasteiger partial charge < -0.3 is 4.74 Å². The molecule has 0 heterocycles. The van der Waals surface area contributed by atoms with Gasteiger partial charge >= 0.3 is 0 Å². The predicted octanol–water partition coefficient (Wildman–Crippen LogP) is 2.40. The maximum atomic E-state index is 12.6. The number of aryl methyl sites for hydroxylation is 1. The third-order valence-electron chi connectivity index (χ3n) is 1.62. The van der Waals surface area contributed by atoms with E-state index in [4.69, 9.17) is 4.74 Å². The zero-order valence-electron chi connectivity index (χ0n) is 6.73. The fraction of sp³-hybridized carbons (Fsp3) is 0.333.